The topological polar surface area (TPSA) is 98.6 Å². The number of rotatable bonds is 6. The van der Waals surface area contributed by atoms with Gasteiger partial charge in [-0.05, 0) is 66.6 Å². The van der Waals surface area contributed by atoms with Crippen LogP contribution in [0.15, 0.2) is 42.5 Å². The Bertz CT molecular complexity index is 873. The van der Waals surface area contributed by atoms with Gasteiger partial charge in [0.25, 0.3) is 0 Å². The fourth-order valence-corrected chi connectivity index (χ4v) is 4.18. The molecule has 1 saturated heterocycles. The van der Waals surface area contributed by atoms with Crippen molar-refractivity contribution in [3.8, 4) is 0 Å². The summed E-state index contributed by atoms with van der Waals surface area (Å²) < 4.78 is 4.75. The van der Waals surface area contributed by atoms with E-state index in [-0.39, 0.29) is 5.92 Å². The van der Waals surface area contributed by atoms with E-state index in [0.29, 0.717) is 11.3 Å². The number of anilines is 2. The van der Waals surface area contributed by atoms with Crippen molar-refractivity contribution in [2.75, 3.05) is 30.8 Å². The first kappa shape index (κ1) is 20.7. The second-order valence-electron chi connectivity index (χ2n) is 7.65. The summed E-state index contributed by atoms with van der Waals surface area (Å²) in [6.45, 7) is 4.00. The average molecular weight is 396 g/mol. The van der Waals surface area contributed by atoms with E-state index in [2.05, 4.69) is 4.90 Å². The van der Waals surface area contributed by atoms with Crippen LogP contribution in [0.4, 0.5) is 11.4 Å². The predicted octanol–water partition coefficient (Wildman–Crippen LogP) is 3.42. The number of hydrogen-bond acceptors (Lipinski definition) is 5. The number of amides is 1. The van der Waals surface area contributed by atoms with Crippen LogP contribution >= 0.6 is 0 Å². The zero-order chi connectivity index (χ0) is 21.0. The quantitative estimate of drug-likeness (QED) is 0.577. The highest BCUT2D eigenvalue weighted by Gasteiger charge is 2.29. The minimum Gasteiger partial charge on any atom is -0.465 e. The maximum atomic E-state index is 12.4. The maximum absolute atomic E-state index is 12.4. The van der Waals surface area contributed by atoms with Crippen molar-refractivity contribution in [2.45, 2.75) is 38.0 Å². The summed E-state index contributed by atoms with van der Waals surface area (Å²) in [5.41, 5.74) is 15.9. The lowest BCUT2D eigenvalue weighted by atomic mass is 9.80. The molecule has 3 rings (SSSR count). The molecule has 0 spiro atoms. The maximum Gasteiger partial charge on any atom is 0.337 e. The number of esters is 1. The Labute approximate surface area is 171 Å². The van der Waals surface area contributed by atoms with Crippen LogP contribution in [0.2, 0.25) is 0 Å². The molecule has 154 valence electrons. The molecule has 2 atom stereocenters. The van der Waals surface area contributed by atoms with Gasteiger partial charge < -0.3 is 21.1 Å². The first-order valence-corrected chi connectivity index (χ1v) is 10.0. The minimum absolute atomic E-state index is 0.170. The smallest absolute Gasteiger partial charge is 0.337 e. The molecule has 2 unspecified atom stereocenters. The largest absolute Gasteiger partial charge is 0.465 e. The SMILES string of the molecule is COC(=O)c1ccc(C(C(N)=O)C(C)c2cc(N)ccc2N2CCCCC2)cc1. The molecule has 1 amide bonds. The van der Waals surface area contributed by atoms with Gasteiger partial charge in [-0.25, -0.2) is 4.79 Å². The molecule has 29 heavy (non-hydrogen) atoms. The van der Waals surface area contributed by atoms with Crippen LogP contribution < -0.4 is 16.4 Å². The van der Waals surface area contributed by atoms with E-state index in [4.69, 9.17) is 16.2 Å². The lowest BCUT2D eigenvalue weighted by Crippen LogP contribution is -2.32. The van der Waals surface area contributed by atoms with Gasteiger partial charge in [-0.1, -0.05) is 19.1 Å². The molecule has 6 heteroatoms. The number of nitrogens with zero attached hydrogens (tertiary/aromatic N) is 1. The van der Waals surface area contributed by atoms with Crippen LogP contribution in [0.3, 0.4) is 0 Å². The molecule has 6 nitrogen and oxygen atoms in total. The number of benzene rings is 2. The summed E-state index contributed by atoms with van der Waals surface area (Å²) in [6.07, 6.45) is 3.56. The molecule has 0 bridgehead atoms. The Morgan fingerprint density at radius 2 is 1.69 bits per heavy atom. The number of piperidine rings is 1. The zero-order valence-electron chi connectivity index (χ0n) is 17.1. The Morgan fingerprint density at radius 1 is 1.03 bits per heavy atom. The Hall–Kier alpha value is -3.02. The van der Waals surface area contributed by atoms with Crippen LogP contribution in [-0.2, 0) is 9.53 Å². The van der Waals surface area contributed by atoms with Crippen LogP contribution in [0.1, 0.15) is 59.5 Å². The molecule has 0 saturated carbocycles. The molecular formula is C23H29N3O3. The van der Waals surface area contributed by atoms with Crippen molar-refractivity contribution in [3.05, 3.63) is 59.2 Å². The normalized spacial score (nSPS) is 16.1. The van der Waals surface area contributed by atoms with Crippen LogP contribution in [-0.4, -0.2) is 32.1 Å². The summed E-state index contributed by atoms with van der Waals surface area (Å²) in [7, 11) is 1.34. The average Bonchev–Trinajstić information content (AvgIpc) is 2.74. The van der Waals surface area contributed by atoms with Gasteiger partial charge in [0.15, 0.2) is 0 Å². The number of nitrogen functional groups attached to an aromatic ring is 1. The molecule has 1 heterocycles. The Kier molecular flexibility index (Phi) is 6.42. The molecule has 0 aliphatic carbocycles. The number of carbonyl (C=O) groups excluding carboxylic acids is 2. The highest BCUT2D eigenvalue weighted by atomic mass is 16.5. The van der Waals surface area contributed by atoms with E-state index in [1.54, 1.807) is 24.3 Å². The zero-order valence-corrected chi connectivity index (χ0v) is 17.1. The highest BCUT2D eigenvalue weighted by molar-refractivity contribution is 5.90. The number of carbonyl (C=O) groups is 2. The monoisotopic (exact) mass is 395 g/mol. The van der Waals surface area contributed by atoms with E-state index in [9.17, 15) is 9.59 Å². The fourth-order valence-electron chi connectivity index (χ4n) is 4.18. The molecular weight excluding hydrogens is 366 g/mol. The Morgan fingerprint density at radius 3 is 2.28 bits per heavy atom. The van der Waals surface area contributed by atoms with E-state index in [1.165, 1.54) is 13.5 Å². The van der Waals surface area contributed by atoms with Crippen molar-refractivity contribution in [1.82, 2.24) is 0 Å². The molecule has 4 N–H and O–H groups in total. The van der Waals surface area contributed by atoms with Gasteiger partial charge in [0.1, 0.15) is 0 Å². The summed E-state index contributed by atoms with van der Waals surface area (Å²) in [6, 6.07) is 12.8. The van der Waals surface area contributed by atoms with Gasteiger partial charge in [0.05, 0.1) is 18.6 Å². The van der Waals surface area contributed by atoms with Gasteiger partial charge in [-0.15, -0.1) is 0 Å². The summed E-state index contributed by atoms with van der Waals surface area (Å²) >= 11 is 0. The second kappa shape index (κ2) is 8.99. The highest BCUT2D eigenvalue weighted by Crippen LogP contribution is 2.39. The van der Waals surface area contributed by atoms with Crippen molar-refractivity contribution in [3.63, 3.8) is 0 Å². The fraction of sp³-hybridized carbons (Fsp3) is 0.391. The summed E-state index contributed by atoms with van der Waals surface area (Å²) in [5, 5.41) is 0. The van der Waals surface area contributed by atoms with Gasteiger partial charge >= 0.3 is 5.97 Å². The number of methoxy groups -OCH3 is 1. The van der Waals surface area contributed by atoms with E-state index >= 15 is 0 Å². The van der Waals surface area contributed by atoms with Crippen molar-refractivity contribution < 1.29 is 14.3 Å². The second-order valence-corrected chi connectivity index (χ2v) is 7.65. The minimum atomic E-state index is -0.535. The number of primary amides is 1. The number of ether oxygens (including phenoxy) is 1. The van der Waals surface area contributed by atoms with Crippen molar-refractivity contribution in [2.24, 2.45) is 5.73 Å². The predicted molar refractivity (Wildman–Crippen MR) is 115 cm³/mol. The third-order valence-electron chi connectivity index (χ3n) is 5.74. The molecule has 1 aliphatic heterocycles. The first-order chi connectivity index (χ1) is 13.9. The van der Waals surface area contributed by atoms with Crippen molar-refractivity contribution >= 4 is 23.3 Å². The molecule has 1 fully saturated rings. The molecule has 0 radical (unpaired) electrons. The standard InChI is InChI=1S/C23H29N3O3/c1-15(19-14-18(24)10-11-20(19)26-12-4-3-5-13-26)21(22(25)27)16-6-8-17(9-7-16)23(28)29-2/h6-11,14-15,21H,3-5,12-13,24H2,1-2H3,(H2,25,27). The van der Waals surface area contributed by atoms with Crippen molar-refractivity contribution in [1.29, 1.82) is 0 Å². The lowest BCUT2D eigenvalue weighted by Gasteiger charge is -2.33. The molecule has 1 aliphatic rings. The summed E-state index contributed by atoms with van der Waals surface area (Å²) in [5.74, 6) is -1.53. The third-order valence-corrected chi connectivity index (χ3v) is 5.74. The van der Waals surface area contributed by atoms with Gasteiger partial charge in [-0.3, -0.25) is 4.79 Å². The van der Waals surface area contributed by atoms with Gasteiger partial charge in [0, 0.05) is 24.5 Å². The van der Waals surface area contributed by atoms with E-state index in [0.717, 1.165) is 42.7 Å². The molecule has 2 aromatic rings. The summed E-state index contributed by atoms with van der Waals surface area (Å²) in [4.78, 5) is 26.5. The lowest BCUT2D eigenvalue weighted by molar-refractivity contribution is -0.119. The van der Waals surface area contributed by atoms with Crippen LogP contribution in [0, 0.1) is 0 Å². The number of hydrogen-bond donors (Lipinski definition) is 2. The van der Waals surface area contributed by atoms with E-state index < -0.39 is 17.8 Å². The van der Waals surface area contributed by atoms with Gasteiger partial charge in [0.2, 0.25) is 5.91 Å². The van der Waals surface area contributed by atoms with Crippen LogP contribution in [0.5, 0.6) is 0 Å². The van der Waals surface area contributed by atoms with E-state index in [1.807, 2.05) is 25.1 Å². The van der Waals surface area contributed by atoms with Gasteiger partial charge in [-0.2, -0.15) is 0 Å². The molecule has 2 aromatic carbocycles. The molecule has 0 aromatic heterocycles. The Balaban J connectivity index is 1.97. The van der Waals surface area contributed by atoms with Crippen LogP contribution in [0.25, 0.3) is 0 Å². The number of nitrogens with two attached hydrogens (primary N) is 2. The third kappa shape index (κ3) is 4.53. The first-order valence-electron chi connectivity index (χ1n) is 10.0.